The molecule has 1 atom stereocenters. The summed E-state index contributed by atoms with van der Waals surface area (Å²) in [6.07, 6.45) is 0.501. The molecule has 3 rings (SSSR count). The van der Waals surface area contributed by atoms with E-state index < -0.39 is 22.7 Å². The minimum Gasteiger partial charge on any atom is -0.451 e. The van der Waals surface area contributed by atoms with Crippen LogP contribution in [0.1, 0.15) is 27.6 Å². The van der Waals surface area contributed by atoms with E-state index >= 15 is 0 Å². The van der Waals surface area contributed by atoms with Gasteiger partial charge in [0.05, 0.1) is 10.5 Å². The van der Waals surface area contributed by atoms with Crippen LogP contribution in [0.2, 0.25) is 5.02 Å². The maximum absolute atomic E-state index is 12.6. The van der Waals surface area contributed by atoms with Crippen LogP contribution in [0.4, 0.5) is 5.69 Å². The normalized spacial score (nSPS) is 11.9. The van der Waals surface area contributed by atoms with Crippen LogP contribution in [0.25, 0.3) is 10.9 Å². The average Bonchev–Trinajstić information content (AvgIpc) is 3.05. The summed E-state index contributed by atoms with van der Waals surface area (Å²) < 4.78 is 5.18. The molecule has 1 heterocycles. The Labute approximate surface area is 152 Å². The largest absolute Gasteiger partial charge is 0.451 e. The second kappa shape index (κ2) is 6.97. The number of nitro benzene ring substituents is 1. The number of Topliss-reactive ketones (excluding diaryl/α,β-unsaturated/α-hetero) is 1. The molecule has 0 radical (unpaired) electrons. The zero-order valence-electron chi connectivity index (χ0n) is 13.6. The number of H-pyrrole nitrogens is 1. The highest BCUT2D eigenvalue weighted by molar-refractivity contribution is 6.32. The zero-order chi connectivity index (χ0) is 18.8. The predicted octanol–water partition coefficient (Wildman–Crippen LogP) is 4.16. The van der Waals surface area contributed by atoms with Crippen molar-refractivity contribution in [3.05, 3.63) is 74.9 Å². The van der Waals surface area contributed by atoms with Gasteiger partial charge >= 0.3 is 5.97 Å². The van der Waals surface area contributed by atoms with E-state index in [2.05, 4.69) is 4.98 Å². The second-order valence-electron chi connectivity index (χ2n) is 5.58. The molecule has 3 aromatic rings. The number of ketones is 1. The number of rotatable bonds is 5. The molecule has 2 aromatic carbocycles. The van der Waals surface area contributed by atoms with Crippen molar-refractivity contribution >= 4 is 39.9 Å². The highest BCUT2D eigenvalue weighted by Gasteiger charge is 2.24. The van der Waals surface area contributed by atoms with Gasteiger partial charge in [-0.05, 0) is 25.1 Å². The van der Waals surface area contributed by atoms with Gasteiger partial charge in [-0.25, -0.2) is 4.79 Å². The number of aromatic nitrogens is 1. The molecule has 0 aliphatic heterocycles. The fourth-order valence-corrected chi connectivity index (χ4v) is 2.74. The van der Waals surface area contributed by atoms with Crippen molar-refractivity contribution in [1.82, 2.24) is 4.98 Å². The number of carbonyl (C=O) groups excluding carboxylic acids is 2. The highest BCUT2D eigenvalue weighted by atomic mass is 35.5. The zero-order valence-corrected chi connectivity index (χ0v) is 14.3. The smallest absolute Gasteiger partial charge is 0.339 e. The van der Waals surface area contributed by atoms with Gasteiger partial charge in [-0.3, -0.25) is 14.9 Å². The first-order chi connectivity index (χ1) is 12.4. The monoisotopic (exact) mass is 372 g/mol. The van der Waals surface area contributed by atoms with E-state index in [1.54, 1.807) is 18.3 Å². The van der Waals surface area contributed by atoms with Crippen LogP contribution in [0.5, 0.6) is 0 Å². The third-order valence-electron chi connectivity index (χ3n) is 3.89. The number of aromatic amines is 1. The van der Waals surface area contributed by atoms with Crippen molar-refractivity contribution in [2.75, 3.05) is 0 Å². The molecular formula is C18H13ClN2O5. The number of fused-ring (bicyclic) bond motifs is 1. The Bertz CT molecular complexity index is 1030. The summed E-state index contributed by atoms with van der Waals surface area (Å²) >= 11 is 5.72. The Morgan fingerprint density at radius 2 is 1.96 bits per heavy atom. The van der Waals surface area contributed by atoms with Crippen molar-refractivity contribution in [3.63, 3.8) is 0 Å². The van der Waals surface area contributed by atoms with Gasteiger partial charge in [0.15, 0.2) is 6.10 Å². The van der Waals surface area contributed by atoms with Crippen molar-refractivity contribution in [2.45, 2.75) is 13.0 Å². The van der Waals surface area contributed by atoms with Gasteiger partial charge in [0, 0.05) is 28.7 Å². The summed E-state index contributed by atoms with van der Waals surface area (Å²) in [6, 6.07) is 10.8. The number of benzene rings is 2. The molecule has 0 spiro atoms. The van der Waals surface area contributed by atoms with E-state index in [9.17, 15) is 19.7 Å². The molecule has 1 N–H and O–H groups in total. The minimum absolute atomic E-state index is 0.0559. The van der Waals surface area contributed by atoms with Crippen molar-refractivity contribution < 1.29 is 19.2 Å². The molecule has 0 unspecified atom stereocenters. The van der Waals surface area contributed by atoms with Gasteiger partial charge < -0.3 is 9.72 Å². The molecule has 8 heteroatoms. The van der Waals surface area contributed by atoms with Gasteiger partial charge in [-0.15, -0.1) is 0 Å². The minimum atomic E-state index is -1.06. The molecule has 0 bridgehead atoms. The number of carbonyl (C=O) groups is 2. The fourth-order valence-electron chi connectivity index (χ4n) is 2.56. The number of hydrogen-bond acceptors (Lipinski definition) is 5. The average molecular weight is 373 g/mol. The summed E-state index contributed by atoms with van der Waals surface area (Å²) in [5, 5.41) is 11.6. The van der Waals surface area contributed by atoms with Crippen LogP contribution in [-0.4, -0.2) is 27.8 Å². The lowest BCUT2D eigenvalue weighted by molar-refractivity contribution is -0.384. The number of ether oxygens (including phenoxy) is 1. The third kappa shape index (κ3) is 3.29. The van der Waals surface area contributed by atoms with Crippen LogP contribution in [0.3, 0.4) is 0 Å². The molecule has 0 aliphatic rings. The summed E-state index contributed by atoms with van der Waals surface area (Å²) in [7, 11) is 0. The van der Waals surface area contributed by atoms with Crippen LogP contribution < -0.4 is 0 Å². The van der Waals surface area contributed by atoms with Gasteiger partial charge in [-0.1, -0.05) is 29.8 Å². The first kappa shape index (κ1) is 17.6. The number of halogens is 1. The Hall–Kier alpha value is -3.19. The topological polar surface area (TPSA) is 102 Å². The molecule has 132 valence electrons. The van der Waals surface area contributed by atoms with E-state index in [0.29, 0.717) is 5.56 Å². The lowest BCUT2D eigenvalue weighted by Gasteiger charge is -2.12. The molecule has 0 fully saturated rings. The molecular weight excluding hydrogens is 360 g/mol. The van der Waals surface area contributed by atoms with Crippen molar-refractivity contribution in [2.24, 2.45) is 0 Å². The lowest BCUT2D eigenvalue weighted by Crippen LogP contribution is -2.24. The van der Waals surface area contributed by atoms with E-state index in [1.165, 1.54) is 19.1 Å². The lowest BCUT2D eigenvalue weighted by atomic mass is 10.1. The predicted molar refractivity (Wildman–Crippen MR) is 95.6 cm³/mol. The molecule has 7 nitrogen and oxygen atoms in total. The molecule has 0 amide bonds. The Balaban J connectivity index is 1.80. The SMILES string of the molecule is C[C@@H](OC(=O)c1ccc(Cl)c([N+](=O)[O-])c1)C(=O)c1c[nH]c2ccccc12. The van der Waals surface area contributed by atoms with Gasteiger partial charge in [0.1, 0.15) is 5.02 Å². The molecule has 0 aliphatic carbocycles. The van der Waals surface area contributed by atoms with E-state index in [-0.39, 0.29) is 16.4 Å². The number of esters is 1. The summed E-state index contributed by atoms with van der Waals surface area (Å²) in [4.78, 5) is 38.0. The standard InChI is InChI=1S/C18H13ClN2O5/c1-10(17(22)13-9-20-15-5-3-2-4-12(13)15)26-18(23)11-6-7-14(19)16(8-11)21(24)25/h2-10,20H,1H3/t10-/m1/s1. The Kier molecular flexibility index (Phi) is 4.73. The van der Waals surface area contributed by atoms with Crippen LogP contribution in [0, 0.1) is 10.1 Å². The van der Waals surface area contributed by atoms with Crippen molar-refractivity contribution in [3.8, 4) is 0 Å². The molecule has 26 heavy (non-hydrogen) atoms. The summed E-state index contributed by atoms with van der Waals surface area (Å²) in [5.74, 6) is -1.22. The quantitative estimate of drug-likeness (QED) is 0.313. The number of nitrogens with one attached hydrogen (secondary N) is 1. The first-order valence-corrected chi connectivity index (χ1v) is 8.01. The molecule has 0 saturated heterocycles. The Morgan fingerprint density at radius 1 is 1.23 bits per heavy atom. The fraction of sp³-hybridized carbons (Fsp3) is 0.111. The van der Waals surface area contributed by atoms with Crippen LogP contribution in [-0.2, 0) is 4.74 Å². The maximum Gasteiger partial charge on any atom is 0.339 e. The maximum atomic E-state index is 12.6. The number of nitro groups is 1. The Morgan fingerprint density at radius 3 is 2.69 bits per heavy atom. The first-order valence-electron chi connectivity index (χ1n) is 7.63. The number of para-hydroxylation sites is 1. The molecule has 1 aromatic heterocycles. The van der Waals surface area contributed by atoms with Gasteiger partial charge in [0.2, 0.25) is 5.78 Å². The molecule has 0 saturated carbocycles. The summed E-state index contributed by atoms with van der Waals surface area (Å²) in [6.45, 7) is 1.45. The second-order valence-corrected chi connectivity index (χ2v) is 5.99. The van der Waals surface area contributed by atoms with E-state index in [4.69, 9.17) is 16.3 Å². The summed E-state index contributed by atoms with van der Waals surface area (Å²) in [5.41, 5.74) is 0.738. The van der Waals surface area contributed by atoms with Gasteiger partial charge in [0.25, 0.3) is 5.69 Å². The van der Waals surface area contributed by atoms with Gasteiger partial charge in [-0.2, -0.15) is 0 Å². The number of hydrogen-bond donors (Lipinski definition) is 1. The van der Waals surface area contributed by atoms with E-state index in [1.807, 2.05) is 12.1 Å². The number of nitrogens with zero attached hydrogens (tertiary/aromatic N) is 1. The van der Waals surface area contributed by atoms with Crippen LogP contribution >= 0.6 is 11.6 Å². The van der Waals surface area contributed by atoms with Crippen LogP contribution in [0.15, 0.2) is 48.7 Å². The highest BCUT2D eigenvalue weighted by Crippen LogP contribution is 2.26. The van der Waals surface area contributed by atoms with E-state index in [0.717, 1.165) is 17.0 Å². The third-order valence-corrected chi connectivity index (χ3v) is 4.21. The van der Waals surface area contributed by atoms with Crippen molar-refractivity contribution in [1.29, 1.82) is 0 Å².